The maximum absolute atomic E-state index is 12.3. The third-order valence-corrected chi connectivity index (χ3v) is 7.12. The molecule has 1 saturated carbocycles. The van der Waals surface area contributed by atoms with Gasteiger partial charge in [0.25, 0.3) is 0 Å². The molecule has 1 atom stereocenters. The van der Waals surface area contributed by atoms with Crippen LogP contribution in [0.2, 0.25) is 0 Å². The van der Waals surface area contributed by atoms with Crippen molar-refractivity contribution in [3.63, 3.8) is 0 Å². The SMILES string of the molecule is O=S(=O)(C1CC1)N1CCC(Oc2cc(N3CCCC3)ncn2)C1. The van der Waals surface area contributed by atoms with Gasteiger partial charge in [0, 0.05) is 25.7 Å². The second kappa shape index (κ2) is 5.90. The number of sulfonamides is 1. The number of hydrogen-bond acceptors (Lipinski definition) is 6. The van der Waals surface area contributed by atoms with Gasteiger partial charge in [-0.3, -0.25) is 0 Å². The van der Waals surface area contributed by atoms with Crippen LogP contribution < -0.4 is 9.64 Å². The lowest BCUT2D eigenvalue weighted by Crippen LogP contribution is -2.33. The maximum atomic E-state index is 12.3. The summed E-state index contributed by atoms with van der Waals surface area (Å²) in [5.41, 5.74) is 0. The first-order valence-electron chi connectivity index (χ1n) is 8.35. The third-order valence-electron chi connectivity index (χ3n) is 4.76. The Bertz CT molecular complexity index is 671. The van der Waals surface area contributed by atoms with Crippen molar-refractivity contribution in [1.29, 1.82) is 0 Å². The van der Waals surface area contributed by atoms with E-state index in [-0.39, 0.29) is 11.4 Å². The highest BCUT2D eigenvalue weighted by molar-refractivity contribution is 7.90. The fourth-order valence-electron chi connectivity index (χ4n) is 3.29. The molecule has 1 aromatic rings. The van der Waals surface area contributed by atoms with Crippen LogP contribution in [0.15, 0.2) is 12.4 Å². The Balaban J connectivity index is 1.40. The first-order valence-corrected chi connectivity index (χ1v) is 9.86. The lowest BCUT2D eigenvalue weighted by Gasteiger charge is -2.18. The molecule has 0 amide bonds. The minimum Gasteiger partial charge on any atom is -0.473 e. The number of anilines is 1. The molecule has 7 nitrogen and oxygen atoms in total. The number of nitrogens with zero attached hydrogens (tertiary/aromatic N) is 4. The molecule has 3 heterocycles. The molecule has 2 saturated heterocycles. The van der Waals surface area contributed by atoms with E-state index >= 15 is 0 Å². The summed E-state index contributed by atoms with van der Waals surface area (Å²) in [5, 5.41) is -0.151. The Kier molecular flexibility index (Phi) is 3.88. The second-order valence-electron chi connectivity index (χ2n) is 6.54. The monoisotopic (exact) mass is 338 g/mol. The van der Waals surface area contributed by atoms with Gasteiger partial charge < -0.3 is 9.64 Å². The van der Waals surface area contributed by atoms with Crippen molar-refractivity contribution in [2.45, 2.75) is 43.5 Å². The summed E-state index contributed by atoms with van der Waals surface area (Å²) in [4.78, 5) is 10.7. The summed E-state index contributed by atoms with van der Waals surface area (Å²) in [5.74, 6) is 1.44. The van der Waals surface area contributed by atoms with E-state index in [2.05, 4.69) is 14.9 Å². The molecule has 0 spiro atoms. The molecule has 0 aromatic carbocycles. The van der Waals surface area contributed by atoms with Crippen LogP contribution in [0.4, 0.5) is 5.82 Å². The van der Waals surface area contributed by atoms with Crippen molar-refractivity contribution < 1.29 is 13.2 Å². The molecule has 1 aliphatic carbocycles. The molecular formula is C15H22N4O3S. The van der Waals surface area contributed by atoms with Crippen LogP contribution in [-0.2, 0) is 10.0 Å². The van der Waals surface area contributed by atoms with Crippen molar-refractivity contribution in [3.05, 3.63) is 12.4 Å². The summed E-state index contributed by atoms with van der Waals surface area (Å²) in [6, 6.07) is 1.86. The van der Waals surface area contributed by atoms with Crippen LogP contribution in [0.1, 0.15) is 32.1 Å². The van der Waals surface area contributed by atoms with Gasteiger partial charge in [-0.1, -0.05) is 0 Å². The summed E-state index contributed by atoms with van der Waals surface area (Å²) in [6.45, 7) is 3.02. The molecule has 4 rings (SSSR count). The van der Waals surface area contributed by atoms with Gasteiger partial charge in [-0.2, -0.15) is 4.31 Å². The van der Waals surface area contributed by atoms with Crippen LogP contribution in [0, 0.1) is 0 Å². The lowest BCUT2D eigenvalue weighted by atomic mass is 10.3. The van der Waals surface area contributed by atoms with E-state index in [0.717, 1.165) is 38.2 Å². The second-order valence-corrected chi connectivity index (χ2v) is 8.75. The van der Waals surface area contributed by atoms with E-state index in [4.69, 9.17) is 4.74 Å². The molecule has 2 aliphatic heterocycles. The molecule has 0 N–H and O–H groups in total. The molecule has 0 radical (unpaired) electrons. The Morgan fingerprint density at radius 1 is 1.09 bits per heavy atom. The summed E-state index contributed by atoms with van der Waals surface area (Å²) in [7, 11) is -3.10. The number of aromatic nitrogens is 2. The standard InChI is InChI=1S/C15H22N4O3S/c20-23(21,13-3-4-13)19-8-5-12(10-19)22-15-9-14(16-11-17-15)18-6-1-2-7-18/h9,11-13H,1-8,10H2. The van der Waals surface area contributed by atoms with Crippen molar-refractivity contribution in [2.24, 2.45) is 0 Å². The molecular weight excluding hydrogens is 316 g/mol. The summed E-state index contributed by atoms with van der Waals surface area (Å²) >= 11 is 0. The number of hydrogen-bond donors (Lipinski definition) is 0. The highest BCUT2D eigenvalue weighted by Gasteiger charge is 2.43. The van der Waals surface area contributed by atoms with E-state index in [9.17, 15) is 8.42 Å². The Hall–Kier alpha value is -1.41. The minimum atomic E-state index is -3.10. The zero-order valence-electron chi connectivity index (χ0n) is 13.1. The van der Waals surface area contributed by atoms with Gasteiger partial charge in [-0.15, -0.1) is 0 Å². The van der Waals surface area contributed by atoms with E-state index in [0.29, 0.717) is 19.0 Å². The third kappa shape index (κ3) is 3.14. The molecule has 0 bridgehead atoms. The molecule has 3 aliphatic rings. The highest BCUT2D eigenvalue weighted by Crippen LogP contribution is 2.33. The van der Waals surface area contributed by atoms with Gasteiger partial charge in [0.15, 0.2) is 0 Å². The average Bonchev–Trinajstić information content (AvgIpc) is 3.08. The predicted octanol–water partition coefficient (Wildman–Crippen LogP) is 1.02. The van der Waals surface area contributed by atoms with E-state index in [1.165, 1.54) is 19.2 Å². The smallest absolute Gasteiger partial charge is 0.218 e. The van der Waals surface area contributed by atoms with E-state index < -0.39 is 10.0 Å². The van der Waals surface area contributed by atoms with Crippen LogP contribution in [0.25, 0.3) is 0 Å². The first kappa shape index (κ1) is 15.1. The number of rotatable bonds is 5. The Morgan fingerprint density at radius 3 is 2.61 bits per heavy atom. The lowest BCUT2D eigenvalue weighted by molar-refractivity contribution is 0.206. The Labute approximate surface area is 136 Å². The van der Waals surface area contributed by atoms with Gasteiger partial charge in [-0.05, 0) is 32.1 Å². The number of ether oxygens (including phenoxy) is 1. The van der Waals surface area contributed by atoms with Crippen LogP contribution in [0.5, 0.6) is 5.88 Å². The van der Waals surface area contributed by atoms with Gasteiger partial charge >= 0.3 is 0 Å². The fraction of sp³-hybridized carbons (Fsp3) is 0.733. The average molecular weight is 338 g/mol. The molecule has 3 fully saturated rings. The van der Waals surface area contributed by atoms with Crippen LogP contribution >= 0.6 is 0 Å². The summed E-state index contributed by atoms with van der Waals surface area (Å²) in [6.07, 6.45) is 6.11. The molecule has 8 heteroatoms. The van der Waals surface area contributed by atoms with Crippen molar-refractivity contribution >= 4 is 15.8 Å². The normalized spacial score (nSPS) is 25.9. The van der Waals surface area contributed by atoms with E-state index in [1.54, 1.807) is 4.31 Å². The van der Waals surface area contributed by atoms with Crippen LogP contribution in [-0.4, -0.2) is 60.2 Å². The zero-order valence-corrected chi connectivity index (χ0v) is 13.9. The minimum absolute atomic E-state index is 0.121. The van der Waals surface area contributed by atoms with Gasteiger partial charge in [-0.25, -0.2) is 18.4 Å². The van der Waals surface area contributed by atoms with Gasteiger partial charge in [0.05, 0.1) is 11.8 Å². The first-order chi connectivity index (χ1) is 11.1. The largest absolute Gasteiger partial charge is 0.473 e. The summed E-state index contributed by atoms with van der Waals surface area (Å²) < 4.78 is 32.0. The molecule has 1 aromatic heterocycles. The highest BCUT2D eigenvalue weighted by atomic mass is 32.2. The van der Waals surface area contributed by atoms with Crippen molar-refractivity contribution in [1.82, 2.24) is 14.3 Å². The fourth-order valence-corrected chi connectivity index (χ4v) is 5.17. The molecule has 126 valence electrons. The van der Waals surface area contributed by atoms with Gasteiger partial charge in [0.2, 0.25) is 15.9 Å². The van der Waals surface area contributed by atoms with Crippen LogP contribution in [0.3, 0.4) is 0 Å². The van der Waals surface area contributed by atoms with Crippen molar-refractivity contribution in [3.8, 4) is 5.88 Å². The Morgan fingerprint density at radius 2 is 1.87 bits per heavy atom. The molecule has 23 heavy (non-hydrogen) atoms. The van der Waals surface area contributed by atoms with E-state index in [1.807, 2.05) is 6.07 Å². The van der Waals surface area contributed by atoms with Gasteiger partial charge in [0.1, 0.15) is 18.2 Å². The topological polar surface area (TPSA) is 75.6 Å². The zero-order chi connectivity index (χ0) is 15.9. The predicted molar refractivity (Wildman–Crippen MR) is 86.0 cm³/mol. The quantitative estimate of drug-likeness (QED) is 0.798. The molecule has 1 unspecified atom stereocenters. The maximum Gasteiger partial charge on any atom is 0.218 e. The van der Waals surface area contributed by atoms with Crippen molar-refractivity contribution in [2.75, 3.05) is 31.1 Å².